The molecule has 6 heteroatoms. The maximum atomic E-state index is 12.8. The van der Waals surface area contributed by atoms with Crippen LogP contribution >= 0.6 is 11.8 Å². The first-order chi connectivity index (χ1) is 12.7. The summed E-state index contributed by atoms with van der Waals surface area (Å²) in [6.07, 6.45) is 5.84. The highest BCUT2D eigenvalue weighted by atomic mass is 32.2. The number of amides is 1. The molecular weight excluding hydrogens is 346 g/mol. The zero-order valence-corrected chi connectivity index (χ0v) is 15.9. The second-order valence-corrected chi connectivity index (χ2v) is 8.37. The molecule has 1 N–H and O–H groups in total. The lowest BCUT2D eigenvalue weighted by Gasteiger charge is -2.18. The van der Waals surface area contributed by atoms with Gasteiger partial charge in [0.25, 0.3) is 5.56 Å². The molecule has 26 heavy (non-hydrogen) atoms. The molecule has 1 amide bonds. The molecular formula is C20H25N3O2S. The molecule has 1 aromatic carbocycles. The van der Waals surface area contributed by atoms with Gasteiger partial charge in [-0.2, -0.15) is 0 Å². The van der Waals surface area contributed by atoms with E-state index in [2.05, 4.69) is 10.3 Å². The number of benzene rings is 1. The van der Waals surface area contributed by atoms with Crippen LogP contribution in [0.3, 0.4) is 0 Å². The van der Waals surface area contributed by atoms with Gasteiger partial charge in [-0.3, -0.25) is 14.2 Å². The number of carbonyl (C=O) groups is 1. The van der Waals surface area contributed by atoms with E-state index in [9.17, 15) is 9.59 Å². The molecule has 2 fully saturated rings. The van der Waals surface area contributed by atoms with E-state index < -0.39 is 0 Å². The smallest absolute Gasteiger partial charge is 0.262 e. The standard InChI is InChI=1S/C20H25N3O2S/c1-2-11-23-19(25)15-5-3-4-6-16(15)21-20(23)26-12-17(24)22-18(13-7-8-13)14-9-10-14/h3-6,13-14,18H,2,7-12H2,1H3,(H,22,24). The minimum Gasteiger partial charge on any atom is -0.352 e. The van der Waals surface area contributed by atoms with Crippen molar-refractivity contribution in [3.05, 3.63) is 34.6 Å². The van der Waals surface area contributed by atoms with Crippen LogP contribution < -0.4 is 10.9 Å². The van der Waals surface area contributed by atoms with Gasteiger partial charge in [0.1, 0.15) is 0 Å². The summed E-state index contributed by atoms with van der Waals surface area (Å²) < 4.78 is 1.71. The Labute approximate surface area is 157 Å². The number of rotatable bonds is 8. The van der Waals surface area contributed by atoms with E-state index in [4.69, 9.17) is 0 Å². The monoisotopic (exact) mass is 371 g/mol. The Morgan fingerprint density at radius 1 is 1.27 bits per heavy atom. The average molecular weight is 372 g/mol. The van der Waals surface area contributed by atoms with Crippen molar-refractivity contribution in [2.24, 2.45) is 11.8 Å². The third-order valence-corrected chi connectivity index (χ3v) is 6.17. The van der Waals surface area contributed by atoms with Gasteiger partial charge in [-0.25, -0.2) is 4.98 Å². The van der Waals surface area contributed by atoms with Crippen LogP contribution in [-0.2, 0) is 11.3 Å². The van der Waals surface area contributed by atoms with E-state index in [1.807, 2.05) is 31.2 Å². The summed E-state index contributed by atoms with van der Waals surface area (Å²) in [5.74, 6) is 1.75. The molecule has 2 aliphatic rings. The van der Waals surface area contributed by atoms with Crippen LogP contribution in [0, 0.1) is 11.8 Å². The van der Waals surface area contributed by atoms with Crippen molar-refractivity contribution >= 4 is 28.6 Å². The number of para-hydroxylation sites is 1. The molecule has 2 aromatic rings. The second-order valence-electron chi connectivity index (χ2n) is 7.43. The molecule has 138 valence electrons. The Bertz CT molecular complexity index is 859. The van der Waals surface area contributed by atoms with Crippen molar-refractivity contribution in [2.75, 3.05) is 5.75 Å². The number of nitrogens with one attached hydrogen (secondary N) is 1. The van der Waals surface area contributed by atoms with E-state index in [0.717, 1.165) is 6.42 Å². The number of aromatic nitrogens is 2. The largest absolute Gasteiger partial charge is 0.352 e. The van der Waals surface area contributed by atoms with Crippen LogP contribution in [0.4, 0.5) is 0 Å². The lowest BCUT2D eigenvalue weighted by atomic mass is 10.1. The fourth-order valence-electron chi connectivity index (χ4n) is 3.57. The zero-order chi connectivity index (χ0) is 18.1. The van der Waals surface area contributed by atoms with Crippen LogP contribution in [-0.4, -0.2) is 27.3 Å². The molecule has 0 aliphatic heterocycles. The summed E-state index contributed by atoms with van der Waals surface area (Å²) in [7, 11) is 0. The van der Waals surface area contributed by atoms with Crippen LogP contribution in [0.5, 0.6) is 0 Å². The number of nitrogens with zero attached hydrogens (tertiary/aromatic N) is 2. The predicted octanol–water partition coefficient (Wildman–Crippen LogP) is 3.20. The molecule has 0 spiro atoms. The van der Waals surface area contributed by atoms with E-state index in [1.165, 1.54) is 37.4 Å². The van der Waals surface area contributed by atoms with Crippen molar-refractivity contribution in [2.45, 2.75) is 56.8 Å². The number of thioether (sulfide) groups is 1. The van der Waals surface area contributed by atoms with Gasteiger partial charge in [-0.15, -0.1) is 0 Å². The molecule has 2 aliphatic carbocycles. The molecule has 1 aromatic heterocycles. The molecule has 0 atom stereocenters. The van der Waals surface area contributed by atoms with Gasteiger partial charge in [0.15, 0.2) is 5.16 Å². The third kappa shape index (κ3) is 3.80. The van der Waals surface area contributed by atoms with E-state index in [0.29, 0.717) is 46.2 Å². The topological polar surface area (TPSA) is 64.0 Å². The van der Waals surface area contributed by atoms with Crippen LogP contribution in [0.15, 0.2) is 34.2 Å². The minimum absolute atomic E-state index is 0.0193. The summed E-state index contributed by atoms with van der Waals surface area (Å²) in [4.78, 5) is 29.9. The fraction of sp³-hybridized carbons (Fsp3) is 0.550. The third-order valence-electron chi connectivity index (χ3n) is 5.19. The van der Waals surface area contributed by atoms with Crippen LogP contribution in [0.1, 0.15) is 39.0 Å². The van der Waals surface area contributed by atoms with E-state index in [-0.39, 0.29) is 11.5 Å². The van der Waals surface area contributed by atoms with Crippen molar-refractivity contribution < 1.29 is 4.79 Å². The number of fused-ring (bicyclic) bond motifs is 1. The molecule has 0 saturated heterocycles. The number of hydrogen-bond acceptors (Lipinski definition) is 4. The summed E-state index contributed by atoms with van der Waals surface area (Å²) in [5.41, 5.74) is 0.677. The Morgan fingerprint density at radius 3 is 2.62 bits per heavy atom. The predicted molar refractivity (Wildman–Crippen MR) is 104 cm³/mol. The molecule has 2 saturated carbocycles. The normalized spacial score (nSPS) is 17.0. The Balaban J connectivity index is 1.49. The molecule has 0 radical (unpaired) electrons. The average Bonchev–Trinajstić information content (AvgIpc) is 3.54. The Hall–Kier alpha value is -1.82. The minimum atomic E-state index is -0.0193. The Morgan fingerprint density at radius 2 is 1.96 bits per heavy atom. The van der Waals surface area contributed by atoms with Gasteiger partial charge in [-0.1, -0.05) is 30.8 Å². The molecule has 5 nitrogen and oxygen atoms in total. The van der Waals surface area contributed by atoms with Gasteiger partial charge in [0.05, 0.1) is 16.7 Å². The van der Waals surface area contributed by atoms with Gasteiger partial charge in [-0.05, 0) is 56.1 Å². The first-order valence-electron chi connectivity index (χ1n) is 9.59. The van der Waals surface area contributed by atoms with E-state index >= 15 is 0 Å². The highest BCUT2D eigenvalue weighted by molar-refractivity contribution is 7.99. The lowest BCUT2D eigenvalue weighted by Crippen LogP contribution is -2.39. The van der Waals surface area contributed by atoms with Crippen molar-refractivity contribution in [1.29, 1.82) is 0 Å². The highest BCUT2D eigenvalue weighted by Crippen LogP contribution is 2.44. The SMILES string of the molecule is CCCn1c(SCC(=O)NC(C2CC2)C2CC2)nc2ccccc2c1=O. The second kappa shape index (κ2) is 7.43. The highest BCUT2D eigenvalue weighted by Gasteiger charge is 2.42. The van der Waals surface area contributed by atoms with Gasteiger partial charge in [0, 0.05) is 12.6 Å². The first-order valence-corrected chi connectivity index (χ1v) is 10.6. The van der Waals surface area contributed by atoms with E-state index in [1.54, 1.807) is 4.57 Å². The van der Waals surface area contributed by atoms with Gasteiger partial charge in [0.2, 0.25) is 5.91 Å². The molecule has 4 rings (SSSR count). The van der Waals surface area contributed by atoms with Crippen molar-refractivity contribution in [3.8, 4) is 0 Å². The maximum absolute atomic E-state index is 12.8. The molecule has 1 heterocycles. The quantitative estimate of drug-likeness (QED) is 0.572. The number of hydrogen-bond donors (Lipinski definition) is 1. The lowest BCUT2D eigenvalue weighted by molar-refractivity contribution is -0.119. The van der Waals surface area contributed by atoms with Crippen molar-refractivity contribution in [1.82, 2.24) is 14.9 Å². The van der Waals surface area contributed by atoms with Crippen LogP contribution in [0.25, 0.3) is 10.9 Å². The fourth-order valence-corrected chi connectivity index (χ4v) is 4.40. The first kappa shape index (κ1) is 17.6. The summed E-state index contributed by atoms with van der Waals surface area (Å²) in [6, 6.07) is 7.78. The number of carbonyl (C=O) groups excluding carboxylic acids is 1. The van der Waals surface area contributed by atoms with Crippen molar-refractivity contribution in [3.63, 3.8) is 0 Å². The zero-order valence-electron chi connectivity index (χ0n) is 15.1. The maximum Gasteiger partial charge on any atom is 0.262 e. The summed E-state index contributed by atoms with van der Waals surface area (Å²) >= 11 is 1.37. The van der Waals surface area contributed by atoms with Gasteiger partial charge < -0.3 is 5.32 Å². The molecule has 0 bridgehead atoms. The Kier molecular flexibility index (Phi) is 5.02. The molecule has 0 unspecified atom stereocenters. The summed E-state index contributed by atoms with van der Waals surface area (Å²) in [5, 5.41) is 4.51. The summed E-state index contributed by atoms with van der Waals surface area (Å²) in [6.45, 7) is 2.66. The van der Waals surface area contributed by atoms with Gasteiger partial charge >= 0.3 is 0 Å². The van der Waals surface area contributed by atoms with Crippen LogP contribution in [0.2, 0.25) is 0 Å².